The first-order chi connectivity index (χ1) is 22.6. The van der Waals surface area contributed by atoms with Crippen LogP contribution in [0, 0.1) is 13.8 Å². The minimum Gasteiger partial charge on any atom is -0.497 e. The van der Waals surface area contributed by atoms with E-state index in [1.54, 1.807) is 37.4 Å². The van der Waals surface area contributed by atoms with Crippen molar-refractivity contribution in [3.8, 4) is 5.75 Å². The summed E-state index contributed by atoms with van der Waals surface area (Å²) >= 11 is 0. The molecule has 0 radical (unpaired) electrons. The lowest BCUT2D eigenvalue weighted by atomic mass is 10.0. The van der Waals surface area contributed by atoms with Crippen LogP contribution in [0.5, 0.6) is 5.75 Å². The van der Waals surface area contributed by atoms with E-state index in [0.717, 1.165) is 52.2 Å². The number of hydrogen-bond donors (Lipinski definition) is 1. The molecule has 246 valence electrons. The van der Waals surface area contributed by atoms with E-state index in [1.165, 1.54) is 17.0 Å². The zero-order valence-corrected chi connectivity index (χ0v) is 28.1. The van der Waals surface area contributed by atoms with Crippen molar-refractivity contribution in [2.45, 2.75) is 69.5 Å². The fourth-order valence-corrected chi connectivity index (χ4v) is 7.65. The lowest BCUT2D eigenvalue weighted by Crippen LogP contribution is -2.54. The molecule has 0 heterocycles. The predicted molar refractivity (Wildman–Crippen MR) is 185 cm³/mol. The maximum absolute atomic E-state index is 14.7. The van der Waals surface area contributed by atoms with Gasteiger partial charge in [-0.3, -0.25) is 13.9 Å². The summed E-state index contributed by atoms with van der Waals surface area (Å²) in [4.78, 5) is 30.5. The first kappa shape index (κ1) is 33.7. The average molecular weight is 654 g/mol. The highest BCUT2D eigenvalue weighted by Crippen LogP contribution is 2.28. The molecule has 4 aromatic carbocycles. The van der Waals surface area contributed by atoms with Crippen LogP contribution in [0.15, 0.2) is 108 Å². The second-order valence-corrected chi connectivity index (χ2v) is 14.1. The summed E-state index contributed by atoms with van der Waals surface area (Å²) in [6, 6.07) is 29.7. The smallest absolute Gasteiger partial charge is 0.264 e. The number of nitrogens with one attached hydrogen (secondary N) is 1. The van der Waals surface area contributed by atoms with Crippen LogP contribution < -0.4 is 14.4 Å². The summed E-state index contributed by atoms with van der Waals surface area (Å²) in [6.07, 6.45) is 4.14. The van der Waals surface area contributed by atoms with Crippen LogP contribution in [0.25, 0.3) is 0 Å². The van der Waals surface area contributed by atoms with E-state index in [0.29, 0.717) is 11.4 Å². The Labute approximate surface area is 278 Å². The molecule has 8 nitrogen and oxygen atoms in total. The van der Waals surface area contributed by atoms with E-state index in [-0.39, 0.29) is 29.8 Å². The second kappa shape index (κ2) is 15.3. The largest absolute Gasteiger partial charge is 0.497 e. The summed E-state index contributed by atoms with van der Waals surface area (Å²) in [5.41, 5.74) is 3.77. The van der Waals surface area contributed by atoms with Crippen LogP contribution in [-0.2, 0) is 32.6 Å². The molecule has 1 aliphatic carbocycles. The number of carbonyl (C=O) groups excluding carboxylic acids is 2. The second-order valence-electron chi connectivity index (χ2n) is 12.2. The van der Waals surface area contributed by atoms with Crippen molar-refractivity contribution in [3.63, 3.8) is 0 Å². The van der Waals surface area contributed by atoms with Gasteiger partial charge in [-0.25, -0.2) is 8.42 Å². The fraction of sp³-hybridized carbons (Fsp3) is 0.316. The number of methoxy groups -OCH3 is 1. The van der Waals surface area contributed by atoms with Gasteiger partial charge in [-0.05, 0) is 85.3 Å². The number of carbonyl (C=O) groups is 2. The monoisotopic (exact) mass is 653 g/mol. The highest BCUT2D eigenvalue weighted by atomic mass is 32.2. The number of amides is 2. The summed E-state index contributed by atoms with van der Waals surface area (Å²) in [5, 5.41) is 3.21. The molecule has 2 amide bonds. The molecule has 1 saturated carbocycles. The zero-order chi connectivity index (χ0) is 33.4. The van der Waals surface area contributed by atoms with Gasteiger partial charge in [-0.2, -0.15) is 0 Å². The number of benzene rings is 4. The Kier molecular flexibility index (Phi) is 11.0. The Hall–Kier alpha value is -4.63. The summed E-state index contributed by atoms with van der Waals surface area (Å²) in [7, 11) is -2.58. The molecule has 0 unspecified atom stereocenters. The number of sulfonamides is 1. The van der Waals surface area contributed by atoms with Crippen LogP contribution >= 0.6 is 0 Å². The molecule has 1 atom stereocenters. The maximum Gasteiger partial charge on any atom is 0.264 e. The van der Waals surface area contributed by atoms with Crippen molar-refractivity contribution in [2.75, 3.05) is 18.0 Å². The van der Waals surface area contributed by atoms with E-state index in [2.05, 4.69) is 5.32 Å². The van der Waals surface area contributed by atoms with E-state index < -0.39 is 28.5 Å². The van der Waals surface area contributed by atoms with Crippen LogP contribution in [0.1, 0.15) is 47.9 Å². The number of aryl methyl sites for hydroxylation is 2. The Morgan fingerprint density at radius 1 is 0.830 bits per heavy atom. The molecule has 4 aromatic rings. The highest BCUT2D eigenvalue weighted by Gasteiger charge is 2.35. The number of rotatable bonds is 13. The van der Waals surface area contributed by atoms with E-state index in [1.807, 2.05) is 74.5 Å². The van der Waals surface area contributed by atoms with Crippen LogP contribution in [-0.4, -0.2) is 50.9 Å². The zero-order valence-electron chi connectivity index (χ0n) is 27.3. The van der Waals surface area contributed by atoms with Gasteiger partial charge >= 0.3 is 0 Å². The molecule has 5 rings (SSSR count). The van der Waals surface area contributed by atoms with Gasteiger partial charge < -0.3 is 15.0 Å². The van der Waals surface area contributed by atoms with Gasteiger partial charge in [0.15, 0.2) is 0 Å². The molecule has 1 aliphatic rings. The third kappa shape index (κ3) is 8.60. The average Bonchev–Trinajstić information content (AvgIpc) is 3.58. The Bertz CT molecular complexity index is 1750. The fourth-order valence-electron chi connectivity index (χ4n) is 6.23. The maximum atomic E-state index is 14.7. The first-order valence-corrected chi connectivity index (χ1v) is 17.5. The predicted octanol–water partition coefficient (Wildman–Crippen LogP) is 6.21. The minimum absolute atomic E-state index is 0.0415. The molecule has 0 aromatic heterocycles. The van der Waals surface area contributed by atoms with Gasteiger partial charge in [0.1, 0.15) is 18.3 Å². The van der Waals surface area contributed by atoms with Crippen molar-refractivity contribution in [1.82, 2.24) is 10.2 Å². The van der Waals surface area contributed by atoms with Crippen LogP contribution in [0.3, 0.4) is 0 Å². The molecule has 1 N–H and O–H groups in total. The van der Waals surface area contributed by atoms with Gasteiger partial charge in [0.25, 0.3) is 10.0 Å². The molecule has 47 heavy (non-hydrogen) atoms. The van der Waals surface area contributed by atoms with Gasteiger partial charge in [-0.1, -0.05) is 79.6 Å². The molecule has 9 heteroatoms. The van der Waals surface area contributed by atoms with Gasteiger partial charge in [0, 0.05) is 19.0 Å². The third-order valence-electron chi connectivity index (χ3n) is 8.56. The van der Waals surface area contributed by atoms with E-state index >= 15 is 0 Å². The van der Waals surface area contributed by atoms with Gasteiger partial charge in [0.2, 0.25) is 11.8 Å². The van der Waals surface area contributed by atoms with Gasteiger partial charge in [0.05, 0.1) is 17.7 Å². The molecule has 0 bridgehead atoms. The third-order valence-corrected chi connectivity index (χ3v) is 10.4. The standard InChI is InChI=1S/C38H43N3O5S/c1-28-21-29(2)23-33(22-28)41(47(44,45)35-19-8-5-9-20-35)27-37(42)40(26-31-15-12-18-34(24-31)46-3)36(25-30-13-6-4-7-14-30)38(43)39-32-16-10-11-17-32/h4-9,12-15,18-24,32,36H,10-11,16-17,25-27H2,1-3H3,(H,39,43)/t36-/m0/s1. The minimum atomic E-state index is -4.16. The van der Waals surface area contributed by atoms with Crippen molar-refractivity contribution in [3.05, 3.63) is 125 Å². The Balaban J connectivity index is 1.59. The first-order valence-electron chi connectivity index (χ1n) is 16.1. The molecular weight excluding hydrogens is 611 g/mol. The van der Waals surface area contributed by atoms with Crippen molar-refractivity contribution in [2.24, 2.45) is 0 Å². The lowest BCUT2D eigenvalue weighted by molar-refractivity contribution is -0.140. The highest BCUT2D eigenvalue weighted by molar-refractivity contribution is 7.92. The van der Waals surface area contributed by atoms with E-state index in [9.17, 15) is 18.0 Å². The topological polar surface area (TPSA) is 96.0 Å². The number of anilines is 1. The molecule has 0 aliphatic heterocycles. The van der Waals surface area contributed by atoms with Crippen LogP contribution in [0.4, 0.5) is 5.69 Å². The molecule has 0 spiro atoms. The Morgan fingerprint density at radius 2 is 1.45 bits per heavy atom. The van der Waals surface area contributed by atoms with E-state index in [4.69, 9.17) is 4.74 Å². The molecular formula is C38H43N3O5S. The van der Waals surface area contributed by atoms with Gasteiger partial charge in [-0.15, -0.1) is 0 Å². The van der Waals surface area contributed by atoms with Crippen molar-refractivity contribution in [1.29, 1.82) is 0 Å². The quantitative estimate of drug-likeness (QED) is 0.185. The molecule has 1 fully saturated rings. The number of hydrogen-bond acceptors (Lipinski definition) is 5. The summed E-state index contributed by atoms with van der Waals surface area (Å²) < 4.78 is 35.1. The summed E-state index contributed by atoms with van der Waals surface area (Å²) in [5.74, 6) is -0.122. The normalized spacial score (nSPS) is 13.9. The summed E-state index contributed by atoms with van der Waals surface area (Å²) in [6.45, 7) is 3.37. The van der Waals surface area contributed by atoms with Crippen LogP contribution in [0.2, 0.25) is 0 Å². The SMILES string of the molecule is COc1cccc(CN(C(=O)CN(c2cc(C)cc(C)c2)S(=O)(=O)c2ccccc2)[C@@H](Cc2ccccc2)C(=O)NC2CCCC2)c1. The Morgan fingerprint density at radius 3 is 2.09 bits per heavy atom. The van der Waals surface area contributed by atoms with Crippen molar-refractivity contribution >= 4 is 27.5 Å². The van der Waals surface area contributed by atoms with Crippen molar-refractivity contribution < 1.29 is 22.7 Å². The number of nitrogens with zero attached hydrogens (tertiary/aromatic N) is 2. The number of ether oxygens (including phenoxy) is 1. The molecule has 0 saturated heterocycles. The lowest BCUT2D eigenvalue weighted by Gasteiger charge is -2.34.